The summed E-state index contributed by atoms with van der Waals surface area (Å²) >= 11 is 0. The predicted octanol–water partition coefficient (Wildman–Crippen LogP) is 2.17. The van der Waals surface area contributed by atoms with Gasteiger partial charge >= 0.3 is 0 Å². The summed E-state index contributed by atoms with van der Waals surface area (Å²) in [5, 5.41) is 9.71. The van der Waals surface area contributed by atoms with Crippen molar-refractivity contribution >= 4 is 5.91 Å². The molecule has 0 saturated heterocycles. The van der Waals surface area contributed by atoms with Crippen LogP contribution in [0.4, 0.5) is 0 Å². The van der Waals surface area contributed by atoms with E-state index < -0.39 is 11.5 Å². The van der Waals surface area contributed by atoms with Crippen LogP contribution in [0.1, 0.15) is 37.2 Å². The lowest BCUT2D eigenvalue weighted by Crippen LogP contribution is -2.19. The molecule has 0 bridgehead atoms. The lowest BCUT2D eigenvalue weighted by Gasteiger charge is -2.17. The second-order valence-corrected chi connectivity index (χ2v) is 5.91. The van der Waals surface area contributed by atoms with E-state index in [1.807, 2.05) is 6.07 Å². The van der Waals surface area contributed by atoms with E-state index in [2.05, 4.69) is 9.97 Å². The second kappa shape index (κ2) is 7.19. The summed E-state index contributed by atoms with van der Waals surface area (Å²) in [7, 11) is 0. The molecule has 6 nitrogen and oxygen atoms in total. The Bertz CT molecular complexity index is 681. The van der Waals surface area contributed by atoms with Gasteiger partial charge in [0.15, 0.2) is 0 Å². The van der Waals surface area contributed by atoms with Gasteiger partial charge in [-0.3, -0.25) is 9.78 Å². The molecule has 0 spiro atoms. The third kappa shape index (κ3) is 5.03. The van der Waals surface area contributed by atoms with E-state index in [9.17, 15) is 9.90 Å². The van der Waals surface area contributed by atoms with Crippen LogP contribution in [0.5, 0.6) is 5.88 Å². The summed E-state index contributed by atoms with van der Waals surface area (Å²) in [6.45, 7) is 3.98. The number of hydrogen-bond donors (Lipinski definition) is 2. The number of aromatic nitrogens is 2. The zero-order valence-electron chi connectivity index (χ0n) is 13.3. The van der Waals surface area contributed by atoms with Crippen LogP contribution >= 0.6 is 0 Å². The van der Waals surface area contributed by atoms with Crippen LogP contribution in [0.25, 0.3) is 11.1 Å². The van der Waals surface area contributed by atoms with Crippen LogP contribution in [-0.4, -0.2) is 33.2 Å². The number of hydrogen-bond acceptors (Lipinski definition) is 5. The fraction of sp³-hybridized carbons (Fsp3) is 0.353. The Balaban J connectivity index is 2.14. The van der Waals surface area contributed by atoms with E-state index in [-0.39, 0.29) is 5.69 Å². The van der Waals surface area contributed by atoms with E-state index >= 15 is 0 Å². The molecule has 3 N–H and O–H groups in total. The number of carbonyl (C=O) groups is 1. The average molecular weight is 315 g/mol. The van der Waals surface area contributed by atoms with Gasteiger partial charge in [-0.15, -0.1) is 0 Å². The highest BCUT2D eigenvalue weighted by atomic mass is 16.5. The third-order valence-electron chi connectivity index (χ3n) is 3.27. The maximum atomic E-state index is 11.3. The largest absolute Gasteiger partial charge is 0.477 e. The van der Waals surface area contributed by atoms with Gasteiger partial charge in [0, 0.05) is 18.0 Å². The maximum Gasteiger partial charge on any atom is 0.267 e. The molecule has 122 valence electrons. The zero-order chi connectivity index (χ0) is 16.9. The van der Waals surface area contributed by atoms with Crippen LogP contribution < -0.4 is 10.5 Å². The molecule has 2 rings (SSSR count). The predicted molar refractivity (Wildman–Crippen MR) is 87.0 cm³/mol. The van der Waals surface area contributed by atoms with Crippen molar-refractivity contribution in [3.63, 3.8) is 0 Å². The smallest absolute Gasteiger partial charge is 0.267 e. The highest BCUT2D eigenvalue weighted by Gasteiger charge is 2.13. The summed E-state index contributed by atoms with van der Waals surface area (Å²) in [5.41, 5.74) is 6.28. The van der Waals surface area contributed by atoms with Gasteiger partial charge in [0.1, 0.15) is 5.69 Å². The molecule has 1 amide bonds. The Labute approximate surface area is 135 Å². The summed E-state index contributed by atoms with van der Waals surface area (Å²) in [4.78, 5) is 19.4. The number of rotatable bonds is 7. The van der Waals surface area contributed by atoms with E-state index in [0.29, 0.717) is 25.3 Å². The van der Waals surface area contributed by atoms with Crippen molar-refractivity contribution in [1.82, 2.24) is 9.97 Å². The first-order valence-electron chi connectivity index (χ1n) is 7.43. The highest BCUT2D eigenvalue weighted by molar-refractivity contribution is 5.92. The standard InChI is InChI=1S/C17H21N3O3/c1-17(2,22)7-4-10-23-16-13(5-3-8-20-16)12-6-9-19-14(11-12)15(18)21/h3,5-6,8-9,11,22H,4,7,10H2,1-2H3,(H2,18,21). The Kier molecular flexibility index (Phi) is 5.28. The van der Waals surface area contributed by atoms with Gasteiger partial charge in [-0.05, 0) is 56.5 Å². The highest BCUT2D eigenvalue weighted by Crippen LogP contribution is 2.28. The molecular formula is C17H21N3O3. The van der Waals surface area contributed by atoms with Gasteiger partial charge in [-0.25, -0.2) is 4.98 Å². The first-order valence-corrected chi connectivity index (χ1v) is 7.43. The lowest BCUT2D eigenvalue weighted by atomic mass is 10.0. The van der Waals surface area contributed by atoms with Crippen molar-refractivity contribution in [2.45, 2.75) is 32.3 Å². The number of primary amides is 1. The Hall–Kier alpha value is -2.47. The van der Waals surface area contributed by atoms with Gasteiger partial charge in [0.05, 0.1) is 12.2 Å². The topological polar surface area (TPSA) is 98.3 Å². The second-order valence-electron chi connectivity index (χ2n) is 5.91. The van der Waals surface area contributed by atoms with Gasteiger partial charge in [-0.2, -0.15) is 0 Å². The van der Waals surface area contributed by atoms with Crippen molar-refractivity contribution in [2.75, 3.05) is 6.61 Å². The van der Waals surface area contributed by atoms with Crippen LogP contribution in [-0.2, 0) is 0 Å². The quantitative estimate of drug-likeness (QED) is 0.763. The number of aliphatic hydroxyl groups is 1. The number of pyridine rings is 2. The van der Waals surface area contributed by atoms with E-state index in [1.54, 1.807) is 38.2 Å². The van der Waals surface area contributed by atoms with Gasteiger partial charge < -0.3 is 15.6 Å². The molecule has 0 aliphatic carbocycles. The minimum Gasteiger partial charge on any atom is -0.477 e. The van der Waals surface area contributed by atoms with Gasteiger partial charge in [0.25, 0.3) is 5.91 Å². The molecule has 0 aliphatic heterocycles. The zero-order valence-corrected chi connectivity index (χ0v) is 13.3. The molecule has 6 heteroatoms. The molecule has 2 aromatic rings. The number of amides is 1. The average Bonchev–Trinajstić information content (AvgIpc) is 2.51. The van der Waals surface area contributed by atoms with E-state index in [4.69, 9.17) is 10.5 Å². The maximum absolute atomic E-state index is 11.3. The van der Waals surface area contributed by atoms with Crippen molar-refractivity contribution in [1.29, 1.82) is 0 Å². The molecule has 0 atom stereocenters. The summed E-state index contributed by atoms with van der Waals surface area (Å²) in [6, 6.07) is 7.04. The molecule has 0 aliphatic rings. The van der Waals surface area contributed by atoms with E-state index in [1.165, 1.54) is 6.20 Å². The van der Waals surface area contributed by atoms with Crippen LogP contribution in [0.15, 0.2) is 36.7 Å². The first kappa shape index (κ1) is 16.9. The Morgan fingerprint density at radius 3 is 2.78 bits per heavy atom. The van der Waals surface area contributed by atoms with Crippen molar-refractivity contribution in [3.05, 3.63) is 42.4 Å². The van der Waals surface area contributed by atoms with Crippen molar-refractivity contribution in [3.8, 4) is 17.0 Å². The van der Waals surface area contributed by atoms with Gasteiger partial charge in [0.2, 0.25) is 5.88 Å². The Morgan fingerprint density at radius 1 is 1.30 bits per heavy atom. The van der Waals surface area contributed by atoms with Gasteiger partial charge in [-0.1, -0.05) is 0 Å². The SMILES string of the molecule is CC(C)(O)CCCOc1ncccc1-c1ccnc(C(N)=O)c1. The van der Waals surface area contributed by atoms with Crippen LogP contribution in [0.3, 0.4) is 0 Å². The molecular weight excluding hydrogens is 294 g/mol. The fourth-order valence-electron chi connectivity index (χ4n) is 2.13. The molecule has 2 aromatic heterocycles. The van der Waals surface area contributed by atoms with Crippen molar-refractivity contribution < 1.29 is 14.6 Å². The molecule has 2 heterocycles. The normalized spacial score (nSPS) is 11.3. The molecule has 0 aromatic carbocycles. The summed E-state index contributed by atoms with van der Waals surface area (Å²) < 4.78 is 5.73. The summed E-state index contributed by atoms with van der Waals surface area (Å²) in [6.07, 6.45) is 4.52. The molecule has 0 saturated carbocycles. The van der Waals surface area contributed by atoms with Crippen LogP contribution in [0, 0.1) is 0 Å². The molecule has 23 heavy (non-hydrogen) atoms. The van der Waals surface area contributed by atoms with Crippen molar-refractivity contribution in [2.24, 2.45) is 5.73 Å². The minimum atomic E-state index is -0.711. The number of nitrogens with zero attached hydrogens (tertiary/aromatic N) is 2. The lowest BCUT2D eigenvalue weighted by molar-refractivity contribution is 0.0639. The molecule has 0 unspecified atom stereocenters. The van der Waals surface area contributed by atoms with E-state index in [0.717, 1.165) is 11.1 Å². The fourth-order valence-corrected chi connectivity index (χ4v) is 2.13. The summed E-state index contributed by atoms with van der Waals surface area (Å²) in [5.74, 6) is -0.103. The number of ether oxygens (including phenoxy) is 1. The minimum absolute atomic E-state index is 0.194. The molecule has 0 radical (unpaired) electrons. The molecule has 0 fully saturated rings. The third-order valence-corrected chi connectivity index (χ3v) is 3.27. The first-order chi connectivity index (χ1) is 10.9. The Morgan fingerprint density at radius 2 is 2.09 bits per heavy atom. The number of carbonyl (C=O) groups excluding carboxylic acids is 1. The monoisotopic (exact) mass is 315 g/mol. The number of nitrogens with two attached hydrogens (primary N) is 1. The van der Waals surface area contributed by atoms with Crippen LogP contribution in [0.2, 0.25) is 0 Å².